The van der Waals surface area contributed by atoms with Gasteiger partial charge in [-0.05, 0) is 55.3 Å². The predicted octanol–water partition coefficient (Wildman–Crippen LogP) is 2.80. The van der Waals surface area contributed by atoms with Crippen LogP contribution in [0.4, 0.5) is 10.1 Å². The van der Waals surface area contributed by atoms with Gasteiger partial charge < -0.3 is 15.0 Å². The first-order chi connectivity index (χ1) is 16.2. The van der Waals surface area contributed by atoms with E-state index < -0.39 is 28.5 Å². The average molecular weight is 492 g/mol. The van der Waals surface area contributed by atoms with E-state index in [1.807, 2.05) is 18.7 Å². The lowest BCUT2D eigenvalue weighted by atomic mass is 10.2. The number of piperazine rings is 1. The van der Waals surface area contributed by atoms with Gasteiger partial charge in [0.2, 0.25) is 10.0 Å². The molecule has 2 aromatic carbocycles. The van der Waals surface area contributed by atoms with Crippen molar-refractivity contribution in [1.29, 1.82) is 0 Å². The highest BCUT2D eigenvalue weighted by Crippen LogP contribution is 2.22. The summed E-state index contributed by atoms with van der Waals surface area (Å²) < 4.78 is 45.9. The number of rotatable bonds is 9. The number of hydrogen-bond donors (Lipinski definition) is 1. The third-order valence-electron chi connectivity index (χ3n) is 5.82. The zero-order valence-electron chi connectivity index (χ0n) is 19.4. The maximum atomic E-state index is 13.2. The molecule has 1 aliphatic rings. The highest BCUT2D eigenvalue weighted by Gasteiger charge is 2.29. The van der Waals surface area contributed by atoms with Gasteiger partial charge in [-0.2, -0.15) is 4.31 Å². The van der Waals surface area contributed by atoms with Crippen molar-refractivity contribution in [3.05, 3.63) is 59.9 Å². The second-order valence-corrected chi connectivity index (χ2v) is 9.99. The zero-order chi connectivity index (χ0) is 24.7. The number of ether oxygens (including phenoxy) is 1. The van der Waals surface area contributed by atoms with E-state index >= 15 is 0 Å². The number of nitrogens with one attached hydrogen (secondary N) is 1. The Labute approximate surface area is 199 Å². The largest absolute Gasteiger partial charge is 0.452 e. The van der Waals surface area contributed by atoms with Crippen LogP contribution in [0.5, 0.6) is 0 Å². The van der Waals surface area contributed by atoms with Gasteiger partial charge in [0.1, 0.15) is 5.82 Å². The minimum Gasteiger partial charge on any atom is -0.452 e. The van der Waals surface area contributed by atoms with E-state index in [-0.39, 0.29) is 35.4 Å². The topological polar surface area (TPSA) is 96.0 Å². The van der Waals surface area contributed by atoms with Gasteiger partial charge in [-0.3, -0.25) is 4.79 Å². The second kappa shape index (κ2) is 11.4. The monoisotopic (exact) mass is 491 g/mol. The Hall–Kier alpha value is -2.98. The van der Waals surface area contributed by atoms with Crippen LogP contribution in [0.3, 0.4) is 0 Å². The molecule has 0 radical (unpaired) electrons. The van der Waals surface area contributed by atoms with Crippen LogP contribution in [-0.4, -0.2) is 63.4 Å². The molecule has 1 fully saturated rings. The molecule has 0 spiro atoms. The van der Waals surface area contributed by atoms with Crippen LogP contribution >= 0.6 is 0 Å². The van der Waals surface area contributed by atoms with E-state index in [0.29, 0.717) is 13.1 Å². The summed E-state index contributed by atoms with van der Waals surface area (Å²) in [7, 11) is -3.82. The molecule has 0 bridgehead atoms. The Bertz CT molecular complexity index is 1100. The summed E-state index contributed by atoms with van der Waals surface area (Å²) >= 11 is 0. The SMILES string of the molecule is CCC(CC)NC(=O)COC(=O)c1cccc(S(=O)(=O)N2CCN(c3ccc(F)cc3)CC2)c1. The number of esters is 1. The Morgan fingerprint density at radius 1 is 1.03 bits per heavy atom. The number of halogens is 1. The summed E-state index contributed by atoms with van der Waals surface area (Å²) in [6, 6.07) is 11.7. The number of carbonyl (C=O) groups is 2. The minimum absolute atomic E-state index is 0.0151. The van der Waals surface area contributed by atoms with Gasteiger partial charge in [-0.15, -0.1) is 0 Å². The molecule has 0 atom stereocenters. The molecule has 2 aromatic rings. The lowest BCUT2D eigenvalue weighted by Crippen LogP contribution is -2.48. The van der Waals surface area contributed by atoms with Crippen molar-refractivity contribution in [3.63, 3.8) is 0 Å². The quantitative estimate of drug-likeness (QED) is 0.542. The van der Waals surface area contributed by atoms with Gasteiger partial charge in [0.15, 0.2) is 6.61 Å². The van der Waals surface area contributed by atoms with Crippen LogP contribution < -0.4 is 10.2 Å². The van der Waals surface area contributed by atoms with E-state index in [1.54, 1.807) is 12.1 Å². The van der Waals surface area contributed by atoms with E-state index in [9.17, 15) is 22.4 Å². The van der Waals surface area contributed by atoms with Crippen LogP contribution in [0.2, 0.25) is 0 Å². The number of benzene rings is 2. The molecular weight excluding hydrogens is 461 g/mol. The lowest BCUT2D eigenvalue weighted by molar-refractivity contribution is -0.125. The molecular formula is C24H30FN3O5S. The van der Waals surface area contributed by atoms with Gasteiger partial charge in [0, 0.05) is 37.9 Å². The molecule has 10 heteroatoms. The first-order valence-corrected chi connectivity index (χ1v) is 12.8. The van der Waals surface area contributed by atoms with Crippen LogP contribution in [0.1, 0.15) is 37.0 Å². The van der Waals surface area contributed by atoms with Gasteiger partial charge in [-0.1, -0.05) is 19.9 Å². The van der Waals surface area contributed by atoms with Crippen molar-refractivity contribution >= 4 is 27.6 Å². The summed E-state index contributed by atoms with van der Waals surface area (Å²) in [5, 5.41) is 2.78. The molecule has 0 saturated carbocycles. The average Bonchev–Trinajstić information content (AvgIpc) is 2.86. The van der Waals surface area contributed by atoms with Gasteiger partial charge in [-0.25, -0.2) is 17.6 Å². The normalized spacial score (nSPS) is 14.8. The van der Waals surface area contributed by atoms with Crippen molar-refractivity contribution in [2.45, 2.75) is 37.6 Å². The van der Waals surface area contributed by atoms with Crippen LogP contribution in [0.15, 0.2) is 53.4 Å². The smallest absolute Gasteiger partial charge is 0.338 e. The molecule has 0 aliphatic carbocycles. The molecule has 1 heterocycles. The number of nitrogens with zero attached hydrogens (tertiary/aromatic N) is 2. The highest BCUT2D eigenvalue weighted by atomic mass is 32.2. The lowest BCUT2D eigenvalue weighted by Gasteiger charge is -2.35. The highest BCUT2D eigenvalue weighted by molar-refractivity contribution is 7.89. The number of anilines is 1. The Morgan fingerprint density at radius 2 is 1.68 bits per heavy atom. The molecule has 1 saturated heterocycles. The molecule has 34 heavy (non-hydrogen) atoms. The van der Waals surface area contributed by atoms with Crippen molar-refractivity contribution in [3.8, 4) is 0 Å². The number of sulfonamides is 1. The molecule has 3 rings (SSSR count). The molecule has 184 valence electrons. The van der Waals surface area contributed by atoms with Crippen molar-refractivity contribution < 1.29 is 27.1 Å². The number of hydrogen-bond acceptors (Lipinski definition) is 6. The van der Waals surface area contributed by atoms with Gasteiger partial charge >= 0.3 is 5.97 Å². The van der Waals surface area contributed by atoms with E-state index in [2.05, 4.69) is 5.32 Å². The number of carbonyl (C=O) groups excluding carboxylic acids is 2. The molecule has 1 aliphatic heterocycles. The zero-order valence-corrected chi connectivity index (χ0v) is 20.2. The van der Waals surface area contributed by atoms with Crippen molar-refractivity contribution in [2.75, 3.05) is 37.7 Å². The van der Waals surface area contributed by atoms with E-state index in [1.165, 1.54) is 40.7 Å². The fourth-order valence-electron chi connectivity index (χ4n) is 3.75. The Morgan fingerprint density at radius 3 is 2.29 bits per heavy atom. The standard InChI is InChI=1S/C24H30FN3O5S/c1-3-20(4-2)26-23(29)17-33-24(30)18-6-5-7-22(16-18)34(31,32)28-14-12-27(13-15-28)21-10-8-19(25)9-11-21/h5-11,16,20H,3-4,12-15,17H2,1-2H3,(H,26,29). The van der Waals surface area contributed by atoms with Crippen LogP contribution in [0.25, 0.3) is 0 Å². The Kier molecular flexibility index (Phi) is 8.62. The maximum Gasteiger partial charge on any atom is 0.338 e. The van der Waals surface area contributed by atoms with Gasteiger partial charge in [0.05, 0.1) is 10.5 Å². The summed E-state index contributed by atoms with van der Waals surface area (Å²) in [6.07, 6.45) is 1.54. The van der Waals surface area contributed by atoms with E-state index in [4.69, 9.17) is 4.74 Å². The number of amides is 1. The summed E-state index contributed by atoms with van der Waals surface area (Å²) in [4.78, 5) is 26.4. The van der Waals surface area contributed by atoms with E-state index in [0.717, 1.165) is 18.5 Å². The molecule has 0 aromatic heterocycles. The molecule has 8 nitrogen and oxygen atoms in total. The third-order valence-corrected chi connectivity index (χ3v) is 7.72. The summed E-state index contributed by atoms with van der Waals surface area (Å²) in [5.41, 5.74) is 0.887. The van der Waals surface area contributed by atoms with Crippen LogP contribution in [-0.2, 0) is 19.6 Å². The molecule has 0 unspecified atom stereocenters. The Balaban J connectivity index is 1.61. The first kappa shape index (κ1) is 25.6. The summed E-state index contributed by atoms with van der Waals surface area (Å²) in [6.45, 7) is 4.90. The van der Waals surface area contributed by atoms with Crippen molar-refractivity contribution in [1.82, 2.24) is 9.62 Å². The summed E-state index contributed by atoms with van der Waals surface area (Å²) in [5.74, 6) is -1.49. The first-order valence-electron chi connectivity index (χ1n) is 11.3. The molecule has 1 amide bonds. The predicted molar refractivity (Wildman–Crippen MR) is 127 cm³/mol. The van der Waals surface area contributed by atoms with Crippen LogP contribution in [0, 0.1) is 5.82 Å². The van der Waals surface area contributed by atoms with Gasteiger partial charge in [0.25, 0.3) is 5.91 Å². The molecule has 1 N–H and O–H groups in total. The minimum atomic E-state index is -3.82. The fourth-order valence-corrected chi connectivity index (χ4v) is 5.22. The third kappa shape index (κ3) is 6.32. The second-order valence-electron chi connectivity index (χ2n) is 8.05. The maximum absolute atomic E-state index is 13.2. The van der Waals surface area contributed by atoms with Crippen molar-refractivity contribution in [2.24, 2.45) is 0 Å². The fraction of sp³-hybridized carbons (Fsp3) is 0.417.